The molecule has 3 aromatic rings. The second-order valence-corrected chi connectivity index (χ2v) is 7.50. The van der Waals surface area contributed by atoms with Crippen molar-refractivity contribution in [3.8, 4) is 5.75 Å². The molecule has 0 aliphatic carbocycles. The van der Waals surface area contributed by atoms with Gasteiger partial charge in [-0.05, 0) is 30.7 Å². The number of piperazine rings is 1. The van der Waals surface area contributed by atoms with Gasteiger partial charge in [-0.2, -0.15) is 4.98 Å². The Kier molecular flexibility index (Phi) is 5.35. The lowest BCUT2D eigenvalue weighted by atomic mass is 10.2. The summed E-state index contributed by atoms with van der Waals surface area (Å²) in [5.74, 6) is 2.19. The van der Waals surface area contributed by atoms with Crippen LogP contribution in [0.25, 0.3) is 11.0 Å². The zero-order valence-corrected chi connectivity index (χ0v) is 17.4. The highest BCUT2D eigenvalue weighted by molar-refractivity contribution is 5.88. The number of nitrogens with zero attached hydrogens (tertiary/aromatic N) is 5. The van der Waals surface area contributed by atoms with E-state index < -0.39 is 6.09 Å². The number of aryl methyl sites for hydroxylation is 1. The average molecular weight is 410 g/mol. The Morgan fingerprint density at radius 3 is 2.67 bits per heavy atom. The van der Waals surface area contributed by atoms with Gasteiger partial charge in [0.05, 0.1) is 12.6 Å². The minimum absolute atomic E-state index is 0.0114. The van der Waals surface area contributed by atoms with Crippen LogP contribution in [-0.2, 0) is 13.6 Å². The fourth-order valence-corrected chi connectivity index (χ4v) is 3.82. The van der Waals surface area contributed by atoms with Gasteiger partial charge in [0.2, 0.25) is 5.95 Å². The molecule has 0 saturated carbocycles. The third-order valence-electron chi connectivity index (χ3n) is 5.48. The van der Waals surface area contributed by atoms with Gasteiger partial charge in [0.1, 0.15) is 11.3 Å². The van der Waals surface area contributed by atoms with Crippen LogP contribution in [0, 0.1) is 0 Å². The quantitative estimate of drug-likeness (QED) is 0.668. The summed E-state index contributed by atoms with van der Waals surface area (Å²) in [6.07, 6.45) is 1.09. The molecule has 0 spiro atoms. The van der Waals surface area contributed by atoms with Gasteiger partial charge in [-0.25, -0.2) is 9.78 Å². The van der Waals surface area contributed by atoms with Crippen LogP contribution in [0.4, 0.5) is 16.6 Å². The lowest BCUT2D eigenvalue weighted by Crippen LogP contribution is -2.53. The Morgan fingerprint density at radius 1 is 1.23 bits per heavy atom. The molecular weight excluding hydrogens is 384 g/mol. The van der Waals surface area contributed by atoms with Crippen molar-refractivity contribution < 1.29 is 14.6 Å². The number of carboxylic acid groups (broad SMARTS) is 1. The molecule has 9 heteroatoms. The molecular formula is C21H26N6O3. The molecule has 4 rings (SSSR count). The Balaban J connectivity index is 1.60. The molecule has 1 aliphatic rings. The number of amides is 1. The van der Waals surface area contributed by atoms with E-state index in [1.54, 1.807) is 7.11 Å². The maximum absolute atomic E-state index is 11.3. The fourth-order valence-electron chi connectivity index (χ4n) is 3.82. The Bertz CT molecular complexity index is 1050. The molecule has 3 heterocycles. The molecule has 0 radical (unpaired) electrons. The standard InChI is InChI=1S/C21H26N6O3/c1-14-13-26(21(28)29)10-11-27(14)19-18-17(8-9-25(18)2)23-20(24-19)22-12-15-4-6-16(30-3)7-5-15/h4-9,14H,10-13H2,1-3H3,(H,28,29)(H,22,23,24)/t14-/m0/s1. The second kappa shape index (κ2) is 8.10. The first-order chi connectivity index (χ1) is 14.5. The lowest BCUT2D eigenvalue weighted by Gasteiger charge is -2.39. The van der Waals surface area contributed by atoms with E-state index in [0.29, 0.717) is 32.1 Å². The molecule has 1 fully saturated rings. The van der Waals surface area contributed by atoms with Gasteiger partial charge >= 0.3 is 6.09 Å². The van der Waals surface area contributed by atoms with Crippen LogP contribution in [0.3, 0.4) is 0 Å². The van der Waals surface area contributed by atoms with Crippen LogP contribution in [0.15, 0.2) is 36.5 Å². The number of aromatic nitrogens is 3. The molecule has 2 N–H and O–H groups in total. The van der Waals surface area contributed by atoms with Crippen molar-refractivity contribution in [2.75, 3.05) is 37.0 Å². The fraction of sp³-hybridized carbons (Fsp3) is 0.381. The summed E-state index contributed by atoms with van der Waals surface area (Å²) in [5.41, 5.74) is 2.89. The summed E-state index contributed by atoms with van der Waals surface area (Å²) < 4.78 is 7.21. The number of carbonyl (C=O) groups is 1. The zero-order chi connectivity index (χ0) is 21.3. The largest absolute Gasteiger partial charge is 0.497 e. The Morgan fingerprint density at radius 2 is 2.00 bits per heavy atom. The maximum Gasteiger partial charge on any atom is 0.407 e. The van der Waals surface area contributed by atoms with Gasteiger partial charge in [-0.3, -0.25) is 0 Å². The monoisotopic (exact) mass is 410 g/mol. The average Bonchev–Trinajstić information content (AvgIpc) is 3.13. The molecule has 9 nitrogen and oxygen atoms in total. The summed E-state index contributed by atoms with van der Waals surface area (Å²) in [5, 5.41) is 12.6. The third kappa shape index (κ3) is 3.83. The van der Waals surface area contributed by atoms with E-state index in [1.165, 1.54) is 4.90 Å². The molecule has 1 amide bonds. The first kappa shape index (κ1) is 19.8. The van der Waals surface area contributed by atoms with E-state index in [-0.39, 0.29) is 6.04 Å². The van der Waals surface area contributed by atoms with Crippen molar-refractivity contribution in [1.29, 1.82) is 0 Å². The third-order valence-corrected chi connectivity index (χ3v) is 5.48. The molecule has 0 unspecified atom stereocenters. The molecule has 2 aromatic heterocycles. The number of benzene rings is 1. The first-order valence-electron chi connectivity index (χ1n) is 9.90. The van der Waals surface area contributed by atoms with Crippen molar-refractivity contribution in [2.24, 2.45) is 7.05 Å². The number of methoxy groups -OCH3 is 1. The topological polar surface area (TPSA) is 95.8 Å². The van der Waals surface area contributed by atoms with Crippen molar-refractivity contribution in [3.63, 3.8) is 0 Å². The molecule has 0 bridgehead atoms. The number of anilines is 2. The van der Waals surface area contributed by atoms with Crippen molar-refractivity contribution >= 4 is 28.9 Å². The van der Waals surface area contributed by atoms with Crippen LogP contribution in [0.1, 0.15) is 12.5 Å². The smallest absolute Gasteiger partial charge is 0.407 e. The molecule has 30 heavy (non-hydrogen) atoms. The minimum atomic E-state index is -0.880. The van der Waals surface area contributed by atoms with Crippen LogP contribution in [0.5, 0.6) is 5.75 Å². The number of hydrogen-bond donors (Lipinski definition) is 2. The summed E-state index contributed by atoms with van der Waals surface area (Å²) in [7, 11) is 3.62. The van der Waals surface area contributed by atoms with E-state index in [9.17, 15) is 9.90 Å². The number of nitrogens with one attached hydrogen (secondary N) is 1. The summed E-state index contributed by atoms with van der Waals surface area (Å²) in [6.45, 7) is 4.09. The van der Waals surface area contributed by atoms with Gasteiger partial charge in [-0.15, -0.1) is 0 Å². The SMILES string of the molecule is COc1ccc(CNc2nc(N3CCN(C(=O)O)C[C@@H]3C)c3c(ccn3C)n2)cc1. The number of hydrogen-bond acceptors (Lipinski definition) is 6. The van der Waals surface area contributed by atoms with Crippen LogP contribution in [0.2, 0.25) is 0 Å². The minimum Gasteiger partial charge on any atom is -0.497 e. The molecule has 1 saturated heterocycles. The number of fused-ring (bicyclic) bond motifs is 1. The highest BCUT2D eigenvalue weighted by Gasteiger charge is 2.29. The first-order valence-corrected chi connectivity index (χ1v) is 9.90. The number of ether oxygens (including phenoxy) is 1. The Hall–Kier alpha value is -3.49. The highest BCUT2D eigenvalue weighted by Crippen LogP contribution is 2.29. The van der Waals surface area contributed by atoms with Crippen LogP contribution < -0.4 is 15.0 Å². The van der Waals surface area contributed by atoms with Gasteiger partial charge < -0.3 is 29.5 Å². The van der Waals surface area contributed by atoms with E-state index >= 15 is 0 Å². The van der Waals surface area contributed by atoms with Crippen LogP contribution >= 0.6 is 0 Å². The Labute approximate surface area is 174 Å². The van der Waals surface area contributed by atoms with Gasteiger partial charge in [0.15, 0.2) is 5.82 Å². The van der Waals surface area contributed by atoms with Crippen molar-refractivity contribution in [1.82, 2.24) is 19.4 Å². The van der Waals surface area contributed by atoms with E-state index in [0.717, 1.165) is 28.2 Å². The number of rotatable bonds is 5. The highest BCUT2D eigenvalue weighted by atomic mass is 16.5. The van der Waals surface area contributed by atoms with Crippen molar-refractivity contribution in [3.05, 3.63) is 42.1 Å². The van der Waals surface area contributed by atoms with Crippen LogP contribution in [-0.4, -0.2) is 63.4 Å². The summed E-state index contributed by atoms with van der Waals surface area (Å²) >= 11 is 0. The van der Waals surface area contributed by atoms with E-state index in [4.69, 9.17) is 9.72 Å². The second-order valence-electron chi connectivity index (χ2n) is 7.50. The normalized spacial score (nSPS) is 16.7. The molecule has 1 aromatic carbocycles. The maximum atomic E-state index is 11.3. The van der Waals surface area contributed by atoms with E-state index in [2.05, 4.69) is 15.2 Å². The van der Waals surface area contributed by atoms with Crippen molar-refractivity contribution in [2.45, 2.75) is 19.5 Å². The summed E-state index contributed by atoms with van der Waals surface area (Å²) in [6, 6.07) is 9.83. The molecule has 158 valence electrons. The predicted molar refractivity (Wildman–Crippen MR) is 115 cm³/mol. The lowest BCUT2D eigenvalue weighted by molar-refractivity contribution is 0.136. The summed E-state index contributed by atoms with van der Waals surface area (Å²) in [4.78, 5) is 24.5. The van der Waals surface area contributed by atoms with Gasteiger partial charge in [0.25, 0.3) is 0 Å². The molecule has 1 aliphatic heterocycles. The van der Waals surface area contributed by atoms with E-state index in [1.807, 2.05) is 55.1 Å². The van der Waals surface area contributed by atoms with Gasteiger partial charge in [0, 0.05) is 45.5 Å². The van der Waals surface area contributed by atoms with Gasteiger partial charge in [-0.1, -0.05) is 12.1 Å². The predicted octanol–water partition coefficient (Wildman–Crippen LogP) is 2.78. The molecule has 1 atom stereocenters. The zero-order valence-electron chi connectivity index (χ0n) is 17.4.